The second kappa shape index (κ2) is 9.45. The Kier molecular flexibility index (Phi) is 7.45. The Bertz CT molecular complexity index is 1010. The van der Waals surface area contributed by atoms with Crippen LogP contribution in [0.25, 0.3) is 0 Å². The molecule has 30 heavy (non-hydrogen) atoms. The molecule has 0 fully saturated rings. The van der Waals surface area contributed by atoms with E-state index in [1.807, 2.05) is 0 Å². The Morgan fingerprint density at radius 3 is 2.27 bits per heavy atom. The number of nitrogens with one attached hydrogen (secondary N) is 2. The molecular weight excluding hydrogens is 420 g/mol. The largest absolute Gasteiger partial charge is 0.386 e. The van der Waals surface area contributed by atoms with Crippen LogP contribution >= 0.6 is 0 Å². The van der Waals surface area contributed by atoms with E-state index in [0.29, 0.717) is 0 Å². The maximum Gasteiger partial charge on any atom is 0.293 e. The normalized spacial score (nSPS) is 13.8. The second-order valence-electron chi connectivity index (χ2n) is 6.95. The molecule has 0 radical (unpaired) electrons. The van der Waals surface area contributed by atoms with Gasteiger partial charge in [0.2, 0.25) is 10.0 Å². The van der Waals surface area contributed by atoms with Crippen LogP contribution in [-0.2, 0) is 10.0 Å². The first-order valence-electron chi connectivity index (χ1n) is 9.17. The summed E-state index contributed by atoms with van der Waals surface area (Å²) >= 11 is 0. The number of nitro benzene ring substituents is 1. The van der Waals surface area contributed by atoms with Crippen molar-refractivity contribution in [2.24, 2.45) is 0 Å². The standard InChI is InChI=1S/C19H23F2N3O5S/c1-4-15(19(25)18-13(20)6-5-7-14(18)21)22-16-9-8-12(10-17(16)24(26)27)30(28,29)23-11(2)3/h5-11,15,19,22-23,25H,4H2,1-3H3/t15-,19+/m1/s1. The number of hydrogen-bond acceptors (Lipinski definition) is 6. The second-order valence-corrected chi connectivity index (χ2v) is 8.67. The van der Waals surface area contributed by atoms with Gasteiger partial charge in [-0.25, -0.2) is 21.9 Å². The third-order valence-electron chi connectivity index (χ3n) is 4.32. The van der Waals surface area contributed by atoms with Crippen LogP contribution in [-0.4, -0.2) is 30.5 Å². The van der Waals surface area contributed by atoms with Crippen LogP contribution < -0.4 is 10.0 Å². The van der Waals surface area contributed by atoms with Gasteiger partial charge in [0.1, 0.15) is 23.4 Å². The predicted octanol–water partition coefficient (Wildman–Crippen LogP) is 3.48. The van der Waals surface area contributed by atoms with Crippen molar-refractivity contribution in [2.45, 2.75) is 50.3 Å². The lowest BCUT2D eigenvalue weighted by molar-refractivity contribution is -0.384. The highest BCUT2D eigenvalue weighted by atomic mass is 32.2. The molecule has 2 aromatic carbocycles. The summed E-state index contributed by atoms with van der Waals surface area (Å²) in [5.74, 6) is -1.89. The zero-order valence-electron chi connectivity index (χ0n) is 16.6. The summed E-state index contributed by atoms with van der Waals surface area (Å²) in [7, 11) is -3.97. The Hall–Kier alpha value is -2.63. The molecule has 0 spiro atoms. The molecule has 0 saturated carbocycles. The molecule has 0 aliphatic rings. The molecule has 3 N–H and O–H groups in total. The van der Waals surface area contributed by atoms with Crippen LogP contribution in [0.4, 0.5) is 20.2 Å². The van der Waals surface area contributed by atoms with Crippen LogP contribution in [0.15, 0.2) is 41.3 Å². The zero-order valence-corrected chi connectivity index (χ0v) is 17.4. The van der Waals surface area contributed by atoms with Crippen molar-refractivity contribution >= 4 is 21.4 Å². The number of rotatable bonds is 9. The fourth-order valence-electron chi connectivity index (χ4n) is 2.93. The first-order chi connectivity index (χ1) is 14.0. The van der Waals surface area contributed by atoms with E-state index in [1.165, 1.54) is 12.1 Å². The SMILES string of the molecule is CC[C@@H](Nc1ccc(S(=O)(=O)NC(C)C)cc1[N+](=O)[O-])[C@H](O)c1c(F)cccc1F. The van der Waals surface area contributed by atoms with Crippen molar-refractivity contribution in [1.82, 2.24) is 4.72 Å². The van der Waals surface area contributed by atoms with Crippen LogP contribution in [0.1, 0.15) is 38.9 Å². The highest BCUT2D eigenvalue weighted by Crippen LogP contribution is 2.32. The number of hydrogen-bond donors (Lipinski definition) is 3. The summed E-state index contributed by atoms with van der Waals surface area (Å²) in [6.45, 7) is 4.84. The van der Waals surface area contributed by atoms with Crippen molar-refractivity contribution in [3.8, 4) is 0 Å². The number of nitro groups is 1. The molecular formula is C19H23F2N3O5S. The molecule has 2 atom stereocenters. The molecule has 164 valence electrons. The lowest BCUT2D eigenvalue weighted by atomic mass is 9.98. The molecule has 8 nitrogen and oxygen atoms in total. The maximum absolute atomic E-state index is 14.0. The number of benzene rings is 2. The fraction of sp³-hybridized carbons (Fsp3) is 0.368. The molecule has 2 aromatic rings. The van der Waals surface area contributed by atoms with Crippen LogP contribution in [0.3, 0.4) is 0 Å². The smallest absolute Gasteiger partial charge is 0.293 e. The van der Waals surface area contributed by atoms with E-state index in [1.54, 1.807) is 20.8 Å². The predicted molar refractivity (Wildman–Crippen MR) is 108 cm³/mol. The molecule has 0 aromatic heterocycles. The molecule has 0 aliphatic carbocycles. The quantitative estimate of drug-likeness (QED) is 0.403. The summed E-state index contributed by atoms with van der Waals surface area (Å²) in [4.78, 5) is 10.4. The van der Waals surface area contributed by atoms with Gasteiger partial charge in [-0.1, -0.05) is 13.0 Å². The van der Waals surface area contributed by atoms with Gasteiger partial charge < -0.3 is 10.4 Å². The van der Waals surface area contributed by atoms with Gasteiger partial charge >= 0.3 is 0 Å². The summed E-state index contributed by atoms with van der Waals surface area (Å²) < 4.78 is 55.0. The molecule has 0 aliphatic heterocycles. The molecule has 11 heteroatoms. The van der Waals surface area contributed by atoms with E-state index in [9.17, 15) is 32.4 Å². The highest BCUT2D eigenvalue weighted by molar-refractivity contribution is 7.89. The van der Waals surface area contributed by atoms with Gasteiger partial charge in [0.25, 0.3) is 5.69 Å². The third-order valence-corrected chi connectivity index (χ3v) is 5.98. The van der Waals surface area contributed by atoms with E-state index in [0.717, 1.165) is 24.3 Å². The first-order valence-corrected chi connectivity index (χ1v) is 10.7. The minimum atomic E-state index is -3.97. The summed E-state index contributed by atoms with van der Waals surface area (Å²) in [6, 6.07) is 4.99. The third kappa shape index (κ3) is 5.29. The molecule has 0 saturated heterocycles. The van der Waals surface area contributed by atoms with E-state index in [4.69, 9.17) is 0 Å². The zero-order chi connectivity index (χ0) is 22.6. The molecule has 0 unspecified atom stereocenters. The number of nitrogens with zero attached hydrogens (tertiary/aromatic N) is 1. The minimum Gasteiger partial charge on any atom is -0.386 e. The molecule has 0 bridgehead atoms. The van der Waals surface area contributed by atoms with Crippen LogP contribution in [0, 0.1) is 21.7 Å². The van der Waals surface area contributed by atoms with E-state index < -0.39 is 56.0 Å². The van der Waals surface area contributed by atoms with Crippen molar-refractivity contribution in [3.05, 3.63) is 63.7 Å². The lowest BCUT2D eigenvalue weighted by Crippen LogP contribution is -2.30. The van der Waals surface area contributed by atoms with Gasteiger partial charge in [-0.3, -0.25) is 10.1 Å². The van der Waals surface area contributed by atoms with Gasteiger partial charge in [0.05, 0.1) is 21.4 Å². The maximum atomic E-state index is 14.0. The van der Waals surface area contributed by atoms with Gasteiger partial charge in [0, 0.05) is 12.1 Å². The van der Waals surface area contributed by atoms with E-state index >= 15 is 0 Å². The summed E-state index contributed by atoms with van der Waals surface area (Å²) in [5, 5.41) is 24.7. The fourth-order valence-corrected chi connectivity index (χ4v) is 4.20. The number of aliphatic hydroxyl groups is 1. The van der Waals surface area contributed by atoms with Gasteiger partial charge in [-0.15, -0.1) is 0 Å². The highest BCUT2D eigenvalue weighted by Gasteiger charge is 2.28. The lowest BCUT2D eigenvalue weighted by Gasteiger charge is -2.25. The minimum absolute atomic E-state index is 0.0915. The van der Waals surface area contributed by atoms with Crippen LogP contribution in [0.2, 0.25) is 0 Å². The Balaban J connectivity index is 2.42. The van der Waals surface area contributed by atoms with E-state index in [2.05, 4.69) is 10.0 Å². The molecule has 0 heterocycles. The summed E-state index contributed by atoms with van der Waals surface area (Å²) in [5.41, 5.74) is -1.20. The topological polar surface area (TPSA) is 122 Å². The van der Waals surface area contributed by atoms with Gasteiger partial charge in [-0.05, 0) is 44.5 Å². The molecule has 2 rings (SSSR count). The Morgan fingerprint density at radius 1 is 1.17 bits per heavy atom. The average Bonchev–Trinajstić information content (AvgIpc) is 2.64. The average molecular weight is 443 g/mol. The number of halogens is 2. The van der Waals surface area contributed by atoms with Crippen molar-refractivity contribution in [3.63, 3.8) is 0 Å². The number of anilines is 1. The Morgan fingerprint density at radius 2 is 1.77 bits per heavy atom. The van der Waals surface area contributed by atoms with Gasteiger partial charge in [-0.2, -0.15) is 0 Å². The molecule has 0 amide bonds. The van der Waals surface area contributed by atoms with Crippen molar-refractivity contribution in [2.75, 3.05) is 5.32 Å². The van der Waals surface area contributed by atoms with Gasteiger partial charge in [0.15, 0.2) is 0 Å². The summed E-state index contributed by atoms with van der Waals surface area (Å²) in [6.07, 6.45) is -1.47. The van der Waals surface area contributed by atoms with Crippen molar-refractivity contribution in [1.29, 1.82) is 0 Å². The number of aliphatic hydroxyl groups excluding tert-OH is 1. The van der Waals surface area contributed by atoms with E-state index in [-0.39, 0.29) is 17.0 Å². The first kappa shape index (κ1) is 23.6. The van der Waals surface area contributed by atoms with Crippen LogP contribution in [0.5, 0.6) is 0 Å². The van der Waals surface area contributed by atoms with Crippen molar-refractivity contribution < 1.29 is 27.2 Å². The number of sulfonamides is 1. The Labute approximate surface area is 173 Å². The monoisotopic (exact) mass is 443 g/mol.